The molecule has 0 radical (unpaired) electrons. The molecule has 1 aromatic carbocycles. The molecule has 0 bridgehead atoms. The summed E-state index contributed by atoms with van der Waals surface area (Å²) < 4.78 is 38.3. The first-order valence-electron chi connectivity index (χ1n) is 6.62. The Hall–Kier alpha value is -1.76. The van der Waals surface area contributed by atoms with Gasteiger partial charge in [0.05, 0.1) is 12.1 Å². The van der Waals surface area contributed by atoms with Gasteiger partial charge in [-0.2, -0.15) is 13.2 Å². The second kappa shape index (κ2) is 7.87. The average molecular weight is 303 g/mol. The van der Waals surface area contributed by atoms with Crippen LogP contribution in [0.3, 0.4) is 0 Å². The van der Waals surface area contributed by atoms with E-state index in [0.717, 1.165) is 19.0 Å². The molecule has 7 heteroatoms. The van der Waals surface area contributed by atoms with Crippen molar-refractivity contribution in [3.8, 4) is 0 Å². The van der Waals surface area contributed by atoms with Crippen molar-refractivity contribution < 1.29 is 18.0 Å². The summed E-state index contributed by atoms with van der Waals surface area (Å²) in [6.07, 6.45) is -3.65. The van der Waals surface area contributed by atoms with Crippen molar-refractivity contribution in [1.82, 2.24) is 10.2 Å². The molecule has 0 saturated heterocycles. The van der Waals surface area contributed by atoms with Crippen molar-refractivity contribution in [2.45, 2.75) is 12.6 Å². The molecule has 21 heavy (non-hydrogen) atoms. The summed E-state index contributed by atoms with van der Waals surface area (Å²) in [6, 6.07) is 5.10. The number of nitrogens with zero attached hydrogens (tertiary/aromatic N) is 1. The van der Waals surface area contributed by atoms with E-state index in [9.17, 15) is 18.0 Å². The molecule has 1 rings (SSSR count). The van der Waals surface area contributed by atoms with E-state index in [0.29, 0.717) is 6.54 Å². The van der Waals surface area contributed by atoms with E-state index in [1.807, 2.05) is 19.0 Å². The first-order valence-corrected chi connectivity index (χ1v) is 6.62. The Morgan fingerprint density at radius 1 is 1.24 bits per heavy atom. The lowest BCUT2D eigenvalue weighted by Crippen LogP contribution is -2.32. The van der Waals surface area contributed by atoms with E-state index in [1.54, 1.807) is 0 Å². The van der Waals surface area contributed by atoms with E-state index >= 15 is 0 Å². The van der Waals surface area contributed by atoms with Crippen molar-refractivity contribution in [2.24, 2.45) is 0 Å². The zero-order valence-electron chi connectivity index (χ0n) is 12.1. The SMILES string of the molecule is CN(C)CCCNC(=O)CNc1ccccc1C(F)(F)F. The molecule has 0 aliphatic heterocycles. The average Bonchev–Trinajstić information content (AvgIpc) is 2.40. The van der Waals surface area contributed by atoms with E-state index in [4.69, 9.17) is 0 Å². The number of alkyl halides is 3. The number of para-hydroxylation sites is 1. The maximum Gasteiger partial charge on any atom is 0.418 e. The third-order valence-electron chi connectivity index (χ3n) is 2.78. The summed E-state index contributed by atoms with van der Waals surface area (Å²) >= 11 is 0. The molecule has 1 amide bonds. The molecular weight excluding hydrogens is 283 g/mol. The van der Waals surface area contributed by atoms with Gasteiger partial charge in [0.25, 0.3) is 0 Å². The van der Waals surface area contributed by atoms with Gasteiger partial charge in [0, 0.05) is 12.2 Å². The van der Waals surface area contributed by atoms with E-state index in [2.05, 4.69) is 10.6 Å². The summed E-state index contributed by atoms with van der Waals surface area (Å²) in [7, 11) is 3.86. The van der Waals surface area contributed by atoms with Crippen LogP contribution in [0.25, 0.3) is 0 Å². The minimum atomic E-state index is -4.44. The Bertz CT molecular complexity index is 461. The van der Waals surface area contributed by atoms with Gasteiger partial charge in [-0.1, -0.05) is 12.1 Å². The molecule has 0 heterocycles. The maximum atomic E-state index is 12.8. The molecule has 0 fully saturated rings. The van der Waals surface area contributed by atoms with Gasteiger partial charge in [-0.3, -0.25) is 4.79 Å². The molecule has 0 saturated carbocycles. The second-order valence-electron chi connectivity index (χ2n) is 4.90. The molecule has 118 valence electrons. The number of anilines is 1. The predicted octanol–water partition coefficient (Wildman–Crippen LogP) is 2.19. The van der Waals surface area contributed by atoms with Gasteiger partial charge in [-0.15, -0.1) is 0 Å². The quantitative estimate of drug-likeness (QED) is 0.759. The topological polar surface area (TPSA) is 44.4 Å². The predicted molar refractivity (Wildman–Crippen MR) is 76.1 cm³/mol. The van der Waals surface area contributed by atoms with Gasteiger partial charge in [0.1, 0.15) is 0 Å². The normalized spacial score (nSPS) is 11.5. The van der Waals surface area contributed by atoms with E-state index in [-0.39, 0.29) is 18.1 Å². The minimum absolute atomic E-state index is 0.0894. The Morgan fingerprint density at radius 3 is 2.52 bits per heavy atom. The highest BCUT2D eigenvalue weighted by Gasteiger charge is 2.33. The second-order valence-corrected chi connectivity index (χ2v) is 4.90. The molecular formula is C14H20F3N3O. The van der Waals surface area contributed by atoms with Crippen LogP contribution in [0.1, 0.15) is 12.0 Å². The molecule has 0 aliphatic rings. The van der Waals surface area contributed by atoms with E-state index < -0.39 is 11.7 Å². The highest BCUT2D eigenvalue weighted by atomic mass is 19.4. The molecule has 1 aromatic rings. The molecule has 2 N–H and O–H groups in total. The first kappa shape index (κ1) is 17.3. The number of carbonyl (C=O) groups is 1. The smallest absolute Gasteiger partial charge is 0.376 e. The highest BCUT2D eigenvalue weighted by molar-refractivity contribution is 5.80. The molecule has 0 unspecified atom stereocenters. The lowest BCUT2D eigenvalue weighted by Gasteiger charge is -2.14. The molecule has 0 aromatic heterocycles. The monoisotopic (exact) mass is 303 g/mol. The van der Waals surface area contributed by atoms with Crippen molar-refractivity contribution >= 4 is 11.6 Å². The molecule has 4 nitrogen and oxygen atoms in total. The number of rotatable bonds is 7. The zero-order valence-corrected chi connectivity index (χ0v) is 12.1. The van der Waals surface area contributed by atoms with Crippen LogP contribution < -0.4 is 10.6 Å². The third kappa shape index (κ3) is 6.48. The number of hydrogen-bond acceptors (Lipinski definition) is 3. The maximum absolute atomic E-state index is 12.8. The van der Waals surface area contributed by atoms with Gasteiger partial charge >= 0.3 is 6.18 Å². The van der Waals surface area contributed by atoms with Gasteiger partial charge in [-0.05, 0) is 39.2 Å². The van der Waals surface area contributed by atoms with Crippen LogP contribution in [0.5, 0.6) is 0 Å². The Balaban J connectivity index is 2.43. The van der Waals surface area contributed by atoms with Crippen molar-refractivity contribution in [1.29, 1.82) is 0 Å². The lowest BCUT2D eigenvalue weighted by molar-refractivity contribution is -0.137. The largest absolute Gasteiger partial charge is 0.418 e. The number of halogens is 3. The van der Waals surface area contributed by atoms with Gasteiger partial charge in [0.2, 0.25) is 5.91 Å². The Morgan fingerprint density at radius 2 is 1.90 bits per heavy atom. The number of hydrogen-bond donors (Lipinski definition) is 2. The lowest BCUT2D eigenvalue weighted by atomic mass is 10.1. The summed E-state index contributed by atoms with van der Waals surface area (Å²) in [5, 5.41) is 5.18. The Labute approximate surface area is 122 Å². The molecule has 0 spiro atoms. The van der Waals surface area contributed by atoms with Crippen LogP contribution >= 0.6 is 0 Å². The third-order valence-corrected chi connectivity index (χ3v) is 2.78. The minimum Gasteiger partial charge on any atom is -0.376 e. The summed E-state index contributed by atoms with van der Waals surface area (Å²) in [5.74, 6) is -0.328. The Kier molecular flexibility index (Phi) is 6.48. The molecule has 0 aliphatic carbocycles. The number of amides is 1. The fraction of sp³-hybridized carbons (Fsp3) is 0.500. The highest BCUT2D eigenvalue weighted by Crippen LogP contribution is 2.34. The standard InChI is InChI=1S/C14H20F3N3O/c1-20(2)9-5-8-18-13(21)10-19-12-7-4-3-6-11(12)14(15,16)17/h3-4,6-7,19H,5,8-10H2,1-2H3,(H,18,21). The fourth-order valence-electron chi connectivity index (χ4n) is 1.75. The number of carbonyl (C=O) groups excluding carboxylic acids is 1. The van der Waals surface area contributed by atoms with Crippen molar-refractivity contribution in [3.63, 3.8) is 0 Å². The summed E-state index contributed by atoms with van der Waals surface area (Å²) in [5.41, 5.74) is -0.862. The van der Waals surface area contributed by atoms with Crippen LogP contribution in [-0.4, -0.2) is 44.5 Å². The number of nitrogens with one attached hydrogen (secondary N) is 2. The summed E-state index contributed by atoms with van der Waals surface area (Å²) in [6.45, 7) is 1.15. The van der Waals surface area contributed by atoms with E-state index in [1.165, 1.54) is 18.2 Å². The van der Waals surface area contributed by atoms with Crippen molar-refractivity contribution in [3.05, 3.63) is 29.8 Å². The molecule has 0 atom stereocenters. The van der Waals surface area contributed by atoms with Crippen LogP contribution in [0.4, 0.5) is 18.9 Å². The van der Waals surface area contributed by atoms with Gasteiger partial charge in [-0.25, -0.2) is 0 Å². The van der Waals surface area contributed by atoms with Crippen LogP contribution in [-0.2, 0) is 11.0 Å². The van der Waals surface area contributed by atoms with Gasteiger partial charge < -0.3 is 15.5 Å². The zero-order chi connectivity index (χ0) is 15.9. The van der Waals surface area contributed by atoms with Crippen LogP contribution in [0.2, 0.25) is 0 Å². The van der Waals surface area contributed by atoms with Crippen LogP contribution in [0, 0.1) is 0 Å². The number of benzene rings is 1. The fourth-order valence-corrected chi connectivity index (χ4v) is 1.75. The first-order chi connectivity index (χ1) is 9.80. The summed E-state index contributed by atoms with van der Waals surface area (Å²) in [4.78, 5) is 13.5. The van der Waals surface area contributed by atoms with Crippen LogP contribution in [0.15, 0.2) is 24.3 Å². The van der Waals surface area contributed by atoms with Crippen molar-refractivity contribution in [2.75, 3.05) is 39.0 Å². The van der Waals surface area contributed by atoms with Gasteiger partial charge in [0.15, 0.2) is 0 Å².